The number of halogens is 1. The fourth-order valence-electron chi connectivity index (χ4n) is 2.93. The summed E-state index contributed by atoms with van der Waals surface area (Å²) in [7, 11) is 0. The van der Waals surface area contributed by atoms with E-state index in [1.54, 1.807) is 0 Å². The number of hydrogen-bond acceptors (Lipinski definition) is 2. The molecule has 1 fully saturated rings. The van der Waals surface area contributed by atoms with Crippen molar-refractivity contribution < 1.29 is 0 Å². The van der Waals surface area contributed by atoms with Gasteiger partial charge in [-0.3, -0.25) is 0 Å². The van der Waals surface area contributed by atoms with Gasteiger partial charge in [-0.1, -0.05) is 54.1 Å². The maximum absolute atomic E-state index is 6.27. The largest absolute Gasteiger partial charge is 0.314 e. The number of hydrogen-bond donors (Lipinski definition) is 2. The van der Waals surface area contributed by atoms with Crippen molar-refractivity contribution in [1.29, 1.82) is 0 Å². The van der Waals surface area contributed by atoms with E-state index in [0.29, 0.717) is 12.0 Å². The first-order chi connectivity index (χ1) is 10.2. The summed E-state index contributed by atoms with van der Waals surface area (Å²) in [6, 6.07) is 17.4. The number of benzene rings is 2. The van der Waals surface area contributed by atoms with Gasteiger partial charge in [-0.05, 0) is 29.7 Å². The normalized spacial score (nSPS) is 21.6. The number of rotatable bonds is 4. The molecule has 1 aliphatic rings. The van der Waals surface area contributed by atoms with Crippen LogP contribution >= 0.6 is 11.6 Å². The molecule has 0 bridgehead atoms. The highest BCUT2D eigenvalue weighted by Gasteiger charge is 2.28. The molecule has 2 aromatic rings. The van der Waals surface area contributed by atoms with Crippen molar-refractivity contribution >= 4 is 11.6 Å². The van der Waals surface area contributed by atoms with E-state index in [2.05, 4.69) is 59.2 Å². The van der Waals surface area contributed by atoms with E-state index >= 15 is 0 Å². The molecule has 3 rings (SSSR count). The van der Waals surface area contributed by atoms with E-state index in [0.717, 1.165) is 30.2 Å². The van der Waals surface area contributed by atoms with Crippen molar-refractivity contribution in [2.45, 2.75) is 25.4 Å². The third-order valence-electron chi connectivity index (χ3n) is 4.25. The maximum atomic E-state index is 6.27. The molecule has 1 aliphatic heterocycles. The minimum absolute atomic E-state index is 0.448. The first-order valence-corrected chi connectivity index (χ1v) is 7.86. The van der Waals surface area contributed by atoms with E-state index in [4.69, 9.17) is 11.6 Å². The molecule has 0 aliphatic carbocycles. The van der Waals surface area contributed by atoms with E-state index in [1.165, 1.54) is 11.1 Å². The zero-order valence-corrected chi connectivity index (χ0v) is 13.0. The Kier molecular flexibility index (Phi) is 4.59. The summed E-state index contributed by atoms with van der Waals surface area (Å²) in [5, 5.41) is 8.02. The Bertz CT molecular complexity index is 597. The highest BCUT2D eigenvalue weighted by Crippen LogP contribution is 2.27. The van der Waals surface area contributed by atoms with Crippen LogP contribution in [0.3, 0.4) is 0 Å². The van der Waals surface area contributed by atoms with E-state index in [9.17, 15) is 0 Å². The molecule has 0 saturated carbocycles. The maximum Gasteiger partial charge on any atom is 0.0438 e. The summed E-state index contributed by atoms with van der Waals surface area (Å²) >= 11 is 6.27. The summed E-state index contributed by atoms with van der Waals surface area (Å²) in [5.74, 6) is 0.479. The minimum atomic E-state index is 0.448. The molecule has 0 spiro atoms. The van der Waals surface area contributed by atoms with Crippen LogP contribution in [0.4, 0.5) is 0 Å². The van der Waals surface area contributed by atoms with Gasteiger partial charge in [0.05, 0.1) is 0 Å². The second-order valence-corrected chi connectivity index (χ2v) is 6.15. The summed E-state index contributed by atoms with van der Waals surface area (Å²) in [6.45, 7) is 4.96. The quantitative estimate of drug-likeness (QED) is 0.903. The van der Waals surface area contributed by atoms with Crippen molar-refractivity contribution in [2.24, 2.45) is 0 Å². The molecule has 2 nitrogen and oxygen atoms in total. The van der Waals surface area contributed by atoms with Crippen molar-refractivity contribution in [2.75, 3.05) is 13.1 Å². The molecule has 2 unspecified atom stereocenters. The second-order valence-electron chi connectivity index (χ2n) is 5.75. The predicted molar refractivity (Wildman–Crippen MR) is 88.9 cm³/mol. The van der Waals surface area contributed by atoms with Gasteiger partial charge in [-0.2, -0.15) is 0 Å². The Balaban J connectivity index is 1.69. The topological polar surface area (TPSA) is 24.1 Å². The average molecular weight is 301 g/mol. The molecule has 0 aromatic heterocycles. The lowest BCUT2D eigenvalue weighted by Crippen LogP contribution is -2.34. The fraction of sp³-hybridized carbons (Fsp3) is 0.333. The lowest BCUT2D eigenvalue weighted by molar-refractivity contribution is 0.503. The molecule has 2 aromatic carbocycles. The fourth-order valence-corrected chi connectivity index (χ4v) is 3.12. The predicted octanol–water partition coefficient (Wildman–Crippen LogP) is 3.49. The molecule has 1 saturated heterocycles. The molecule has 2 N–H and O–H groups in total. The van der Waals surface area contributed by atoms with Gasteiger partial charge >= 0.3 is 0 Å². The van der Waals surface area contributed by atoms with E-state index in [-0.39, 0.29) is 0 Å². The average Bonchev–Trinajstić information content (AvgIpc) is 2.97. The molecule has 3 heteroatoms. The highest BCUT2D eigenvalue weighted by molar-refractivity contribution is 6.31. The molecular formula is C18H21ClN2. The van der Waals surface area contributed by atoms with E-state index < -0.39 is 0 Å². The van der Waals surface area contributed by atoms with Gasteiger partial charge in [0, 0.05) is 36.6 Å². The standard InChI is InChI=1S/C18H21ClN2/c1-13-7-8-15(9-17(13)19)16-11-20-12-18(16)21-10-14-5-3-2-4-6-14/h2-9,16,18,20-21H,10-12H2,1H3. The zero-order valence-electron chi connectivity index (χ0n) is 12.3. The highest BCUT2D eigenvalue weighted by atomic mass is 35.5. The summed E-state index contributed by atoms with van der Waals surface area (Å²) in [4.78, 5) is 0. The van der Waals surface area contributed by atoms with Crippen LogP contribution in [0.1, 0.15) is 22.6 Å². The van der Waals surface area contributed by atoms with Crippen molar-refractivity contribution in [3.8, 4) is 0 Å². The first-order valence-electron chi connectivity index (χ1n) is 7.48. The summed E-state index contributed by atoms with van der Waals surface area (Å²) < 4.78 is 0. The molecule has 21 heavy (non-hydrogen) atoms. The first kappa shape index (κ1) is 14.6. The molecule has 2 atom stereocenters. The lowest BCUT2D eigenvalue weighted by Gasteiger charge is -2.21. The Morgan fingerprint density at radius 1 is 1.14 bits per heavy atom. The molecular weight excluding hydrogens is 280 g/mol. The van der Waals surface area contributed by atoms with Crippen molar-refractivity contribution in [1.82, 2.24) is 10.6 Å². The van der Waals surface area contributed by atoms with Crippen LogP contribution < -0.4 is 10.6 Å². The van der Waals surface area contributed by atoms with Crippen LogP contribution in [0.15, 0.2) is 48.5 Å². The minimum Gasteiger partial charge on any atom is -0.314 e. The molecule has 0 radical (unpaired) electrons. The Hall–Kier alpha value is -1.35. The van der Waals surface area contributed by atoms with Crippen molar-refractivity contribution in [3.63, 3.8) is 0 Å². The van der Waals surface area contributed by atoms with Gasteiger partial charge in [0.15, 0.2) is 0 Å². The van der Waals surface area contributed by atoms with E-state index in [1.807, 2.05) is 6.92 Å². The van der Waals surface area contributed by atoms with Crippen LogP contribution in [-0.2, 0) is 6.54 Å². The SMILES string of the molecule is Cc1ccc(C2CNCC2NCc2ccccc2)cc1Cl. The molecule has 110 valence electrons. The third kappa shape index (κ3) is 3.46. The van der Waals surface area contributed by atoms with Gasteiger partial charge < -0.3 is 10.6 Å². The monoisotopic (exact) mass is 300 g/mol. The number of aryl methyl sites for hydroxylation is 1. The van der Waals surface area contributed by atoms with Gasteiger partial charge in [0.25, 0.3) is 0 Å². The Labute approximate surface area is 131 Å². The van der Waals surface area contributed by atoms with Crippen molar-refractivity contribution in [3.05, 3.63) is 70.2 Å². The Morgan fingerprint density at radius 2 is 1.95 bits per heavy atom. The number of nitrogens with one attached hydrogen (secondary N) is 2. The van der Waals surface area contributed by atoms with Crippen LogP contribution in [0.2, 0.25) is 5.02 Å². The molecule has 0 amide bonds. The van der Waals surface area contributed by atoms with Crippen LogP contribution in [-0.4, -0.2) is 19.1 Å². The van der Waals surface area contributed by atoms with Gasteiger partial charge in [-0.15, -0.1) is 0 Å². The summed E-state index contributed by atoms with van der Waals surface area (Å²) in [6.07, 6.45) is 0. The Morgan fingerprint density at radius 3 is 2.71 bits per heavy atom. The zero-order chi connectivity index (χ0) is 14.7. The van der Waals surface area contributed by atoms with Crippen LogP contribution in [0, 0.1) is 6.92 Å². The van der Waals surface area contributed by atoms with Crippen LogP contribution in [0.25, 0.3) is 0 Å². The van der Waals surface area contributed by atoms with Gasteiger partial charge in [-0.25, -0.2) is 0 Å². The summed E-state index contributed by atoms with van der Waals surface area (Å²) in [5.41, 5.74) is 3.78. The lowest BCUT2D eigenvalue weighted by atomic mass is 9.93. The smallest absolute Gasteiger partial charge is 0.0438 e. The van der Waals surface area contributed by atoms with Gasteiger partial charge in [0.2, 0.25) is 0 Å². The van der Waals surface area contributed by atoms with Crippen LogP contribution in [0.5, 0.6) is 0 Å². The van der Waals surface area contributed by atoms with Gasteiger partial charge in [0.1, 0.15) is 0 Å². The second kappa shape index (κ2) is 6.61. The third-order valence-corrected chi connectivity index (χ3v) is 4.66. The molecule has 1 heterocycles.